The fourth-order valence-electron chi connectivity index (χ4n) is 4.38. The summed E-state index contributed by atoms with van der Waals surface area (Å²) in [6.45, 7) is 5.23. The molecule has 0 bridgehead atoms. The molecule has 34 heavy (non-hydrogen) atoms. The van der Waals surface area contributed by atoms with E-state index in [4.69, 9.17) is 16.3 Å². The topological polar surface area (TPSA) is 71.5 Å². The Morgan fingerprint density at radius 1 is 1.03 bits per heavy atom. The summed E-state index contributed by atoms with van der Waals surface area (Å²) in [6, 6.07) is 15.1. The van der Waals surface area contributed by atoms with Crippen LogP contribution in [0.3, 0.4) is 0 Å². The Kier molecular flexibility index (Phi) is 7.17. The van der Waals surface area contributed by atoms with Crippen molar-refractivity contribution in [3.05, 3.63) is 87.7 Å². The molecule has 1 fully saturated rings. The van der Waals surface area contributed by atoms with Crippen LogP contribution in [-0.4, -0.2) is 41.9 Å². The molecule has 1 saturated heterocycles. The number of hydrogen-bond donors (Lipinski definition) is 1. The van der Waals surface area contributed by atoms with Gasteiger partial charge in [0.1, 0.15) is 10.9 Å². The fraction of sp³-hybridized carbons (Fsp3) is 0.296. The molecule has 0 radical (unpaired) electrons. The van der Waals surface area contributed by atoms with Crippen molar-refractivity contribution < 1.29 is 14.3 Å². The number of amides is 2. The number of halogens is 1. The second-order valence-electron chi connectivity index (χ2n) is 8.65. The third kappa shape index (κ3) is 5.23. The van der Waals surface area contributed by atoms with Crippen LogP contribution in [0.2, 0.25) is 5.15 Å². The van der Waals surface area contributed by atoms with Crippen LogP contribution in [0, 0.1) is 13.8 Å². The number of likely N-dealkylation sites (tertiary alicyclic amines) is 1. The quantitative estimate of drug-likeness (QED) is 0.483. The maximum absolute atomic E-state index is 13.4. The number of anilines is 1. The van der Waals surface area contributed by atoms with E-state index < -0.39 is 0 Å². The Bertz CT molecular complexity index is 1180. The van der Waals surface area contributed by atoms with E-state index in [9.17, 15) is 9.59 Å². The van der Waals surface area contributed by atoms with Gasteiger partial charge in [-0.05, 0) is 79.6 Å². The van der Waals surface area contributed by atoms with Gasteiger partial charge in [-0.3, -0.25) is 9.59 Å². The van der Waals surface area contributed by atoms with Crippen molar-refractivity contribution in [3.8, 4) is 5.75 Å². The van der Waals surface area contributed by atoms with Crippen LogP contribution in [0.25, 0.3) is 0 Å². The van der Waals surface area contributed by atoms with E-state index in [1.165, 1.54) is 11.8 Å². The number of ether oxygens (including phenoxy) is 1. The van der Waals surface area contributed by atoms with Crippen LogP contribution in [0.1, 0.15) is 56.2 Å². The van der Waals surface area contributed by atoms with Gasteiger partial charge in [0.15, 0.2) is 0 Å². The molecule has 2 heterocycles. The first-order valence-electron chi connectivity index (χ1n) is 11.3. The first kappa shape index (κ1) is 23.8. The minimum Gasteiger partial charge on any atom is -0.497 e. The number of benzene rings is 2. The van der Waals surface area contributed by atoms with E-state index in [0.717, 1.165) is 29.7 Å². The number of nitrogens with zero attached hydrogens (tertiary/aromatic N) is 2. The van der Waals surface area contributed by atoms with Crippen LogP contribution < -0.4 is 10.1 Å². The molecule has 1 N–H and O–H groups in total. The number of aryl methyl sites for hydroxylation is 2. The fourth-order valence-corrected chi connectivity index (χ4v) is 4.50. The lowest BCUT2D eigenvalue weighted by molar-refractivity contribution is 0.0712. The molecular formula is C27H28ClN3O3. The number of hydrogen-bond acceptors (Lipinski definition) is 4. The molecule has 7 heteroatoms. The predicted molar refractivity (Wildman–Crippen MR) is 134 cm³/mol. The molecule has 3 aromatic rings. The Morgan fingerprint density at radius 2 is 1.74 bits per heavy atom. The molecule has 0 atom stereocenters. The first-order valence-corrected chi connectivity index (χ1v) is 11.7. The van der Waals surface area contributed by atoms with Crippen LogP contribution >= 0.6 is 11.6 Å². The van der Waals surface area contributed by atoms with Crippen molar-refractivity contribution in [2.45, 2.75) is 32.6 Å². The van der Waals surface area contributed by atoms with E-state index >= 15 is 0 Å². The Labute approximate surface area is 204 Å². The van der Waals surface area contributed by atoms with E-state index in [2.05, 4.69) is 22.4 Å². The van der Waals surface area contributed by atoms with Crippen molar-refractivity contribution >= 4 is 29.1 Å². The summed E-state index contributed by atoms with van der Waals surface area (Å²) in [7, 11) is 1.66. The van der Waals surface area contributed by atoms with Crippen molar-refractivity contribution in [2.24, 2.45) is 0 Å². The van der Waals surface area contributed by atoms with Gasteiger partial charge in [0, 0.05) is 30.5 Å². The lowest BCUT2D eigenvalue weighted by Gasteiger charge is -2.33. The Morgan fingerprint density at radius 3 is 2.35 bits per heavy atom. The van der Waals surface area contributed by atoms with Gasteiger partial charge < -0.3 is 15.0 Å². The van der Waals surface area contributed by atoms with Crippen molar-refractivity contribution in [1.29, 1.82) is 0 Å². The third-order valence-electron chi connectivity index (χ3n) is 6.41. The van der Waals surface area contributed by atoms with Gasteiger partial charge in [-0.15, -0.1) is 0 Å². The zero-order valence-electron chi connectivity index (χ0n) is 19.6. The summed E-state index contributed by atoms with van der Waals surface area (Å²) in [5.41, 5.74) is 4.69. The molecule has 0 aliphatic carbocycles. The number of carbonyl (C=O) groups is 2. The molecule has 0 spiro atoms. The molecule has 1 aliphatic rings. The number of piperidine rings is 1. The summed E-state index contributed by atoms with van der Waals surface area (Å²) >= 11 is 5.81. The number of carbonyl (C=O) groups excluding carboxylic acids is 2. The van der Waals surface area contributed by atoms with Crippen molar-refractivity contribution in [3.63, 3.8) is 0 Å². The second kappa shape index (κ2) is 10.3. The Hall–Kier alpha value is -3.38. The van der Waals surface area contributed by atoms with Gasteiger partial charge >= 0.3 is 0 Å². The van der Waals surface area contributed by atoms with Gasteiger partial charge in [0.05, 0.1) is 12.7 Å². The number of pyridine rings is 1. The highest BCUT2D eigenvalue weighted by Gasteiger charge is 2.26. The van der Waals surface area contributed by atoms with Gasteiger partial charge in [-0.25, -0.2) is 4.98 Å². The van der Waals surface area contributed by atoms with Crippen LogP contribution in [0.4, 0.5) is 5.69 Å². The van der Waals surface area contributed by atoms with Gasteiger partial charge in [0.2, 0.25) is 0 Å². The highest BCUT2D eigenvalue weighted by molar-refractivity contribution is 6.29. The molecule has 1 aliphatic heterocycles. The molecule has 1 aromatic heterocycles. The minimum atomic E-state index is -0.296. The average Bonchev–Trinajstić information content (AvgIpc) is 2.86. The maximum atomic E-state index is 13.4. The van der Waals surface area contributed by atoms with E-state index in [0.29, 0.717) is 41.0 Å². The Balaban J connectivity index is 1.45. The maximum Gasteiger partial charge on any atom is 0.257 e. The zero-order chi connectivity index (χ0) is 24.2. The summed E-state index contributed by atoms with van der Waals surface area (Å²) in [5.74, 6) is 0.975. The first-order chi connectivity index (χ1) is 16.4. The van der Waals surface area contributed by atoms with Crippen molar-refractivity contribution in [1.82, 2.24) is 9.88 Å². The number of methoxy groups -OCH3 is 1. The molecular weight excluding hydrogens is 450 g/mol. The van der Waals surface area contributed by atoms with Gasteiger partial charge in [0.25, 0.3) is 11.8 Å². The highest BCUT2D eigenvalue weighted by Crippen LogP contribution is 2.31. The minimum absolute atomic E-state index is 0.00524. The lowest BCUT2D eigenvalue weighted by atomic mass is 9.89. The molecule has 0 unspecified atom stereocenters. The van der Waals surface area contributed by atoms with Crippen LogP contribution in [0.5, 0.6) is 5.75 Å². The summed E-state index contributed by atoms with van der Waals surface area (Å²) in [6.07, 6.45) is 3.26. The van der Waals surface area contributed by atoms with Gasteiger partial charge in [-0.2, -0.15) is 0 Å². The number of aromatic nitrogens is 1. The summed E-state index contributed by atoms with van der Waals surface area (Å²) in [5, 5.41) is 3.23. The summed E-state index contributed by atoms with van der Waals surface area (Å²) in [4.78, 5) is 31.9. The second-order valence-corrected chi connectivity index (χ2v) is 9.03. The SMILES string of the molecule is COc1ccc(C2CCN(C(=O)c3cc(NC(=O)c4ccc(Cl)nc4)c(C)cc3C)CC2)cc1. The largest absolute Gasteiger partial charge is 0.497 e. The van der Waals surface area contributed by atoms with Crippen LogP contribution in [0.15, 0.2) is 54.7 Å². The number of nitrogens with one attached hydrogen (secondary N) is 1. The predicted octanol–water partition coefficient (Wildman–Crippen LogP) is 5.63. The number of rotatable bonds is 5. The molecule has 176 valence electrons. The third-order valence-corrected chi connectivity index (χ3v) is 6.63. The monoisotopic (exact) mass is 477 g/mol. The van der Waals surface area contributed by atoms with E-state index in [1.54, 1.807) is 25.3 Å². The normalized spacial score (nSPS) is 14.1. The van der Waals surface area contributed by atoms with E-state index in [-0.39, 0.29) is 11.8 Å². The smallest absolute Gasteiger partial charge is 0.257 e. The molecule has 6 nitrogen and oxygen atoms in total. The molecule has 4 rings (SSSR count). The van der Waals surface area contributed by atoms with Crippen molar-refractivity contribution in [2.75, 3.05) is 25.5 Å². The van der Waals surface area contributed by atoms with Gasteiger partial charge in [-0.1, -0.05) is 29.8 Å². The standard InChI is InChI=1S/C27H28ClN3O3/c1-17-14-18(2)24(30-26(32)21-6-9-25(28)29-16-21)15-23(17)27(33)31-12-10-20(11-13-31)19-4-7-22(34-3)8-5-19/h4-9,14-16,20H,10-13H2,1-3H3,(H,30,32). The molecule has 2 aromatic carbocycles. The molecule has 0 saturated carbocycles. The van der Waals surface area contributed by atoms with E-state index in [1.807, 2.05) is 36.9 Å². The average molecular weight is 478 g/mol. The van der Waals surface area contributed by atoms with Crippen LogP contribution in [-0.2, 0) is 0 Å². The molecule has 2 amide bonds. The lowest BCUT2D eigenvalue weighted by Crippen LogP contribution is -2.38. The highest BCUT2D eigenvalue weighted by atomic mass is 35.5. The summed E-state index contributed by atoms with van der Waals surface area (Å²) < 4.78 is 5.25. The zero-order valence-corrected chi connectivity index (χ0v) is 20.4.